The van der Waals surface area contributed by atoms with Gasteiger partial charge in [0.25, 0.3) is 5.91 Å². The molecule has 0 aliphatic rings. The number of hydrogen-bond donors (Lipinski definition) is 2. The summed E-state index contributed by atoms with van der Waals surface area (Å²) in [5.74, 6) is -1.52. The van der Waals surface area contributed by atoms with Gasteiger partial charge in [0.2, 0.25) is 5.88 Å². The number of anilines is 2. The van der Waals surface area contributed by atoms with E-state index in [0.29, 0.717) is 33.4 Å². The average Bonchev–Trinajstić information content (AvgIpc) is 3.24. The molecule has 0 aliphatic carbocycles. The van der Waals surface area contributed by atoms with Crippen LogP contribution in [0.25, 0.3) is 33.3 Å². The molecule has 2 aromatic carbocycles. The van der Waals surface area contributed by atoms with Gasteiger partial charge in [0.1, 0.15) is 17.7 Å². The van der Waals surface area contributed by atoms with E-state index in [-0.39, 0.29) is 39.8 Å². The minimum atomic E-state index is -0.685. The quantitative estimate of drug-likeness (QED) is 0.229. The molecule has 0 radical (unpaired) electrons. The standard InChI is InChI=1S/C31H24F2N6O2/c1-16(2)31(40)38-20-9-10-21(22(32)13-20)29-26(27-28(39(29)4)19(14-34)15-36-30(27)35)18-8-11-24(23(33)12-18)41-25-7-5-6-17(3)37-25/h5-13,15H,1H2,2-4H3,(H2,35,36)(H,38,40). The van der Waals surface area contributed by atoms with E-state index in [4.69, 9.17) is 10.5 Å². The van der Waals surface area contributed by atoms with Crippen LogP contribution >= 0.6 is 0 Å². The van der Waals surface area contributed by atoms with Crippen molar-refractivity contribution < 1.29 is 18.3 Å². The number of fused-ring (bicyclic) bond motifs is 1. The molecule has 0 bridgehead atoms. The molecule has 0 unspecified atom stereocenters. The van der Waals surface area contributed by atoms with Crippen molar-refractivity contribution in [2.24, 2.45) is 7.05 Å². The number of ether oxygens (including phenoxy) is 1. The highest BCUT2D eigenvalue weighted by atomic mass is 19.1. The second-order valence-corrected chi connectivity index (χ2v) is 9.47. The predicted octanol–water partition coefficient (Wildman–Crippen LogP) is 6.65. The number of aryl methyl sites for hydroxylation is 2. The molecular weight excluding hydrogens is 526 g/mol. The number of nitrogens with zero attached hydrogens (tertiary/aromatic N) is 4. The van der Waals surface area contributed by atoms with Crippen molar-refractivity contribution in [3.8, 4) is 40.1 Å². The molecule has 10 heteroatoms. The molecule has 3 N–H and O–H groups in total. The Morgan fingerprint density at radius 3 is 2.59 bits per heavy atom. The SMILES string of the molecule is C=C(C)C(=O)Nc1ccc(-c2c(-c3ccc(Oc4cccc(C)n4)c(F)c3)c3c(N)ncc(C#N)c3n2C)c(F)c1. The topological polar surface area (TPSA) is 119 Å². The Balaban J connectivity index is 1.71. The van der Waals surface area contributed by atoms with Gasteiger partial charge in [-0.05, 0) is 55.8 Å². The second kappa shape index (κ2) is 10.5. The highest BCUT2D eigenvalue weighted by Crippen LogP contribution is 2.45. The maximum absolute atomic E-state index is 15.7. The number of nitriles is 1. The van der Waals surface area contributed by atoms with Crippen LogP contribution in [-0.2, 0) is 11.8 Å². The number of nitrogens with one attached hydrogen (secondary N) is 1. The van der Waals surface area contributed by atoms with E-state index in [1.54, 1.807) is 55.8 Å². The molecule has 0 aliphatic heterocycles. The summed E-state index contributed by atoms with van der Waals surface area (Å²) in [6.45, 7) is 6.92. The maximum Gasteiger partial charge on any atom is 0.250 e. The minimum Gasteiger partial charge on any atom is -0.436 e. The van der Waals surface area contributed by atoms with E-state index < -0.39 is 17.5 Å². The molecule has 8 nitrogen and oxygen atoms in total. The van der Waals surface area contributed by atoms with Gasteiger partial charge in [-0.2, -0.15) is 5.26 Å². The number of amides is 1. The predicted molar refractivity (Wildman–Crippen MR) is 153 cm³/mol. The van der Waals surface area contributed by atoms with E-state index in [9.17, 15) is 10.1 Å². The molecule has 204 valence electrons. The molecule has 41 heavy (non-hydrogen) atoms. The summed E-state index contributed by atoms with van der Waals surface area (Å²) < 4.78 is 38.4. The first-order valence-electron chi connectivity index (χ1n) is 12.4. The lowest BCUT2D eigenvalue weighted by Crippen LogP contribution is -2.12. The fourth-order valence-corrected chi connectivity index (χ4v) is 4.64. The summed E-state index contributed by atoms with van der Waals surface area (Å²) in [6.07, 6.45) is 1.34. The summed E-state index contributed by atoms with van der Waals surface area (Å²) in [4.78, 5) is 20.5. The van der Waals surface area contributed by atoms with E-state index in [0.717, 1.165) is 0 Å². The van der Waals surface area contributed by atoms with Gasteiger partial charge in [-0.3, -0.25) is 4.79 Å². The third kappa shape index (κ3) is 4.96. The van der Waals surface area contributed by atoms with Crippen molar-refractivity contribution in [1.29, 1.82) is 5.26 Å². The van der Waals surface area contributed by atoms with Crippen LogP contribution in [-0.4, -0.2) is 20.4 Å². The van der Waals surface area contributed by atoms with Crippen LogP contribution in [0.1, 0.15) is 18.2 Å². The minimum absolute atomic E-state index is 0.0544. The molecule has 3 aromatic heterocycles. The highest BCUT2D eigenvalue weighted by molar-refractivity contribution is 6.11. The van der Waals surface area contributed by atoms with Crippen molar-refractivity contribution in [3.63, 3.8) is 0 Å². The smallest absolute Gasteiger partial charge is 0.250 e. The zero-order valence-electron chi connectivity index (χ0n) is 22.4. The fraction of sp³-hybridized carbons (Fsp3) is 0.0968. The lowest BCUT2D eigenvalue weighted by atomic mass is 9.97. The van der Waals surface area contributed by atoms with Crippen molar-refractivity contribution in [2.45, 2.75) is 13.8 Å². The molecular formula is C31H24F2N6O2. The number of carbonyl (C=O) groups excluding carboxylic acids is 1. The molecule has 3 heterocycles. The Labute approximate surface area is 234 Å². The van der Waals surface area contributed by atoms with Gasteiger partial charge in [-0.1, -0.05) is 18.7 Å². The summed E-state index contributed by atoms with van der Waals surface area (Å²) in [7, 11) is 1.66. The van der Waals surface area contributed by atoms with Crippen molar-refractivity contribution >= 4 is 28.3 Å². The van der Waals surface area contributed by atoms with Crippen LogP contribution < -0.4 is 15.8 Å². The second-order valence-electron chi connectivity index (χ2n) is 9.47. The number of hydrogen-bond acceptors (Lipinski definition) is 6. The molecule has 5 aromatic rings. The van der Waals surface area contributed by atoms with Gasteiger partial charge in [0.15, 0.2) is 11.6 Å². The van der Waals surface area contributed by atoms with Crippen LogP contribution in [0.2, 0.25) is 0 Å². The first kappa shape index (κ1) is 27.0. The Kier molecular flexibility index (Phi) is 6.95. The van der Waals surface area contributed by atoms with E-state index in [1.807, 2.05) is 0 Å². The number of rotatable bonds is 6. The zero-order valence-corrected chi connectivity index (χ0v) is 22.4. The monoisotopic (exact) mass is 550 g/mol. The lowest BCUT2D eigenvalue weighted by molar-refractivity contribution is -0.112. The summed E-state index contributed by atoms with van der Waals surface area (Å²) >= 11 is 0. The number of pyridine rings is 2. The largest absolute Gasteiger partial charge is 0.436 e. The summed E-state index contributed by atoms with van der Waals surface area (Å²) in [6, 6.07) is 15.8. The van der Waals surface area contributed by atoms with Crippen LogP contribution in [0.5, 0.6) is 11.6 Å². The van der Waals surface area contributed by atoms with E-state index in [2.05, 4.69) is 27.9 Å². The van der Waals surface area contributed by atoms with Crippen LogP contribution in [0.4, 0.5) is 20.3 Å². The molecule has 0 saturated carbocycles. The Morgan fingerprint density at radius 2 is 1.93 bits per heavy atom. The summed E-state index contributed by atoms with van der Waals surface area (Å²) in [5, 5.41) is 12.8. The highest BCUT2D eigenvalue weighted by Gasteiger charge is 2.26. The first-order valence-corrected chi connectivity index (χ1v) is 12.4. The van der Waals surface area contributed by atoms with Crippen molar-refractivity contribution in [2.75, 3.05) is 11.1 Å². The normalized spacial score (nSPS) is 10.8. The number of halogens is 2. The lowest BCUT2D eigenvalue weighted by Gasteiger charge is -2.13. The first-order chi connectivity index (χ1) is 19.6. The Hall–Kier alpha value is -5.56. The number of nitrogens with two attached hydrogens (primary N) is 1. The fourth-order valence-electron chi connectivity index (χ4n) is 4.64. The zero-order chi connectivity index (χ0) is 29.4. The molecule has 0 saturated heterocycles. The average molecular weight is 551 g/mol. The number of benzene rings is 2. The molecule has 0 atom stereocenters. The third-order valence-electron chi connectivity index (χ3n) is 6.53. The van der Waals surface area contributed by atoms with Gasteiger partial charge >= 0.3 is 0 Å². The van der Waals surface area contributed by atoms with Gasteiger partial charge in [0, 0.05) is 47.4 Å². The van der Waals surface area contributed by atoms with E-state index >= 15 is 8.78 Å². The van der Waals surface area contributed by atoms with Crippen LogP contribution in [0.15, 0.2) is 72.9 Å². The van der Waals surface area contributed by atoms with Crippen molar-refractivity contribution in [3.05, 3.63) is 95.8 Å². The van der Waals surface area contributed by atoms with Crippen LogP contribution in [0, 0.1) is 29.9 Å². The van der Waals surface area contributed by atoms with Gasteiger partial charge in [-0.15, -0.1) is 0 Å². The number of carbonyl (C=O) groups is 1. The maximum atomic E-state index is 15.7. The third-order valence-corrected chi connectivity index (χ3v) is 6.53. The van der Waals surface area contributed by atoms with E-state index in [1.165, 1.54) is 30.5 Å². The number of aromatic nitrogens is 3. The van der Waals surface area contributed by atoms with Gasteiger partial charge < -0.3 is 20.4 Å². The Bertz CT molecular complexity index is 1920. The van der Waals surface area contributed by atoms with Crippen molar-refractivity contribution in [1.82, 2.24) is 14.5 Å². The number of nitrogen functional groups attached to an aromatic ring is 1. The molecule has 0 spiro atoms. The summed E-state index contributed by atoms with van der Waals surface area (Å²) in [5.41, 5.74) is 9.34. The van der Waals surface area contributed by atoms with Crippen LogP contribution in [0.3, 0.4) is 0 Å². The molecule has 1 amide bonds. The molecule has 0 fully saturated rings. The Morgan fingerprint density at radius 1 is 1.15 bits per heavy atom. The van der Waals surface area contributed by atoms with Gasteiger partial charge in [0.05, 0.1) is 22.2 Å². The van der Waals surface area contributed by atoms with Gasteiger partial charge in [-0.25, -0.2) is 18.7 Å². The molecule has 5 rings (SSSR count).